The Morgan fingerprint density at radius 3 is 1.50 bits per heavy atom. The second-order valence-corrected chi connectivity index (χ2v) is 14.2. The highest BCUT2D eigenvalue weighted by Crippen LogP contribution is 2.12. The van der Waals surface area contributed by atoms with Crippen LogP contribution in [0.3, 0.4) is 0 Å². The van der Waals surface area contributed by atoms with Crippen molar-refractivity contribution in [3.63, 3.8) is 0 Å². The average molecular weight is 751 g/mol. The summed E-state index contributed by atoms with van der Waals surface area (Å²) in [5, 5.41) is 0. The Balaban J connectivity index is 4.39. The third-order valence-corrected chi connectivity index (χ3v) is 8.93. The highest BCUT2D eigenvalue weighted by molar-refractivity contribution is 5.71. The summed E-state index contributed by atoms with van der Waals surface area (Å²) in [4.78, 5) is 25.1. The minimum atomic E-state index is -0.580. The summed E-state index contributed by atoms with van der Waals surface area (Å²) >= 11 is 0. The predicted molar refractivity (Wildman–Crippen MR) is 233 cm³/mol. The second-order valence-electron chi connectivity index (χ2n) is 14.2. The lowest BCUT2D eigenvalue weighted by atomic mass is 10.1. The molecule has 0 saturated heterocycles. The van der Waals surface area contributed by atoms with Crippen LogP contribution in [0.4, 0.5) is 0 Å². The summed E-state index contributed by atoms with van der Waals surface area (Å²) in [7, 11) is 0. The maximum atomic E-state index is 12.7. The Kier molecular flexibility index (Phi) is 42.1. The number of hydrogen-bond acceptors (Lipinski definition) is 5. The summed E-state index contributed by atoms with van der Waals surface area (Å²) < 4.78 is 17.2. The van der Waals surface area contributed by atoms with Gasteiger partial charge in [-0.05, 0) is 70.6 Å². The number of hydrogen-bond donors (Lipinski definition) is 0. The molecule has 0 heterocycles. The van der Waals surface area contributed by atoms with Crippen LogP contribution in [0.25, 0.3) is 0 Å². The summed E-state index contributed by atoms with van der Waals surface area (Å²) in [6.07, 6.45) is 57.5. The maximum absolute atomic E-state index is 12.7. The molecule has 0 aliphatic carbocycles. The quantitative estimate of drug-likeness (QED) is 0.0356. The molecule has 0 N–H and O–H groups in total. The van der Waals surface area contributed by atoms with Gasteiger partial charge in [0.2, 0.25) is 0 Å². The third kappa shape index (κ3) is 41.8. The highest BCUT2D eigenvalue weighted by atomic mass is 16.6. The smallest absolute Gasteiger partial charge is 0.309 e. The van der Waals surface area contributed by atoms with Gasteiger partial charge in [0.05, 0.1) is 13.0 Å². The molecule has 0 amide bonds. The van der Waals surface area contributed by atoms with Crippen LogP contribution in [0.1, 0.15) is 188 Å². The molecular formula is C49H82O5. The van der Waals surface area contributed by atoms with Crippen molar-refractivity contribution in [3.05, 3.63) is 85.1 Å². The molecule has 0 bridgehead atoms. The van der Waals surface area contributed by atoms with Crippen molar-refractivity contribution in [3.8, 4) is 0 Å². The van der Waals surface area contributed by atoms with Crippen LogP contribution in [0, 0.1) is 0 Å². The van der Waals surface area contributed by atoms with Crippen LogP contribution >= 0.6 is 0 Å². The molecule has 1 unspecified atom stereocenters. The lowest BCUT2D eigenvalue weighted by Crippen LogP contribution is -2.30. The molecule has 0 spiro atoms. The van der Waals surface area contributed by atoms with Gasteiger partial charge in [0.25, 0.3) is 0 Å². The first-order valence-corrected chi connectivity index (χ1v) is 22.1. The zero-order valence-corrected chi connectivity index (χ0v) is 35.2. The standard InChI is InChI=1S/C49H82O5/c1-4-7-10-13-16-19-21-23-25-26-28-31-33-36-39-42-48(50)53-46-47(54-49(51)43-40-37-34-30-18-15-12-9-6-3)45-52-44-41-38-35-32-29-27-24-22-20-17-14-11-8-5-2/h7,10-11,14,16,19-20,22-23,25,28,31,36,39,47H,4-6,8-9,12-13,15,17-18,21,24,26-27,29-30,32-35,37-38,40-46H2,1-3H3/b10-7-,14-11-,19-16-,22-20-,25-23-,31-28-,39-36-. The molecule has 54 heavy (non-hydrogen) atoms. The van der Waals surface area contributed by atoms with Crippen molar-refractivity contribution in [1.82, 2.24) is 0 Å². The van der Waals surface area contributed by atoms with E-state index < -0.39 is 6.10 Å². The average Bonchev–Trinajstić information content (AvgIpc) is 3.17. The van der Waals surface area contributed by atoms with E-state index in [1.807, 2.05) is 12.2 Å². The van der Waals surface area contributed by atoms with Crippen molar-refractivity contribution in [2.75, 3.05) is 19.8 Å². The van der Waals surface area contributed by atoms with Gasteiger partial charge < -0.3 is 14.2 Å². The van der Waals surface area contributed by atoms with Gasteiger partial charge in [-0.2, -0.15) is 0 Å². The molecule has 0 aromatic heterocycles. The minimum Gasteiger partial charge on any atom is -0.461 e. The second kappa shape index (κ2) is 44.5. The van der Waals surface area contributed by atoms with Crippen LogP contribution in [0.15, 0.2) is 85.1 Å². The first-order chi connectivity index (χ1) is 26.6. The Morgan fingerprint density at radius 2 is 0.926 bits per heavy atom. The number of ether oxygens (including phenoxy) is 3. The molecule has 5 heteroatoms. The van der Waals surface area contributed by atoms with E-state index in [0.717, 1.165) is 77.0 Å². The Bertz CT molecular complexity index is 1030. The monoisotopic (exact) mass is 751 g/mol. The van der Waals surface area contributed by atoms with E-state index in [-0.39, 0.29) is 31.6 Å². The van der Waals surface area contributed by atoms with Gasteiger partial charge in [-0.15, -0.1) is 0 Å². The predicted octanol–water partition coefficient (Wildman–Crippen LogP) is 14.6. The zero-order valence-electron chi connectivity index (χ0n) is 35.2. The normalized spacial score (nSPS) is 13.0. The van der Waals surface area contributed by atoms with E-state index >= 15 is 0 Å². The van der Waals surface area contributed by atoms with E-state index in [0.29, 0.717) is 13.0 Å². The van der Waals surface area contributed by atoms with Gasteiger partial charge in [-0.1, -0.05) is 189 Å². The van der Waals surface area contributed by atoms with Gasteiger partial charge in [-0.3, -0.25) is 9.59 Å². The Labute approximate surface area is 333 Å². The number of carbonyl (C=O) groups is 2. The molecule has 0 rings (SSSR count). The number of unbranched alkanes of at least 4 members (excludes halogenated alkanes) is 15. The molecule has 0 aliphatic rings. The molecule has 0 aliphatic heterocycles. The molecule has 0 radical (unpaired) electrons. The fourth-order valence-corrected chi connectivity index (χ4v) is 5.68. The Morgan fingerprint density at radius 1 is 0.444 bits per heavy atom. The zero-order chi connectivity index (χ0) is 39.3. The maximum Gasteiger partial charge on any atom is 0.309 e. The number of carbonyl (C=O) groups excluding carboxylic acids is 2. The highest BCUT2D eigenvalue weighted by Gasteiger charge is 2.17. The first-order valence-electron chi connectivity index (χ1n) is 22.1. The van der Waals surface area contributed by atoms with Crippen LogP contribution in [-0.4, -0.2) is 37.9 Å². The summed E-state index contributed by atoms with van der Waals surface area (Å²) in [6.45, 7) is 7.49. The SMILES string of the molecule is CC/C=C\C/C=C\C/C=C\C/C=C\C/C=C\CC(=O)OCC(COCCCCCCCC/C=C\C/C=C\CCC)OC(=O)CCCCCCCCCCC. The van der Waals surface area contributed by atoms with E-state index in [2.05, 4.69) is 93.7 Å². The van der Waals surface area contributed by atoms with Gasteiger partial charge in [0.15, 0.2) is 6.10 Å². The Hall–Kier alpha value is -2.92. The summed E-state index contributed by atoms with van der Waals surface area (Å²) in [6, 6.07) is 0. The van der Waals surface area contributed by atoms with E-state index in [4.69, 9.17) is 14.2 Å². The lowest BCUT2D eigenvalue weighted by molar-refractivity contribution is -0.162. The van der Waals surface area contributed by atoms with E-state index in [1.54, 1.807) is 0 Å². The number of rotatable bonds is 39. The summed E-state index contributed by atoms with van der Waals surface area (Å²) in [5.41, 5.74) is 0. The van der Waals surface area contributed by atoms with Crippen LogP contribution < -0.4 is 0 Å². The van der Waals surface area contributed by atoms with Crippen molar-refractivity contribution < 1.29 is 23.8 Å². The molecule has 0 fully saturated rings. The van der Waals surface area contributed by atoms with Gasteiger partial charge >= 0.3 is 11.9 Å². The van der Waals surface area contributed by atoms with Crippen molar-refractivity contribution >= 4 is 11.9 Å². The molecular weight excluding hydrogens is 669 g/mol. The molecule has 308 valence electrons. The molecule has 1 atom stereocenters. The van der Waals surface area contributed by atoms with Gasteiger partial charge in [-0.25, -0.2) is 0 Å². The van der Waals surface area contributed by atoms with Crippen molar-refractivity contribution in [2.45, 2.75) is 194 Å². The fourth-order valence-electron chi connectivity index (χ4n) is 5.68. The van der Waals surface area contributed by atoms with Crippen molar-refractivity contribution in [1.29, 1.82) is 0 Å². The number of allylic oxidation sites excluding steroid dienone is 13. The van der Waals surface area contributed by atoms with Crippen LogP contribution in [0.2, 0.25) is 0 Å². The molecule has 0 saturated carbocycles. The number of esters is 2. The van der Waals surface area contributed by atoms with E-state index in [1.165, 1.54) is 77.0 Å². The molecule has 5 nitrogen and oxygen atoms in total. The molecule has 0 aromatic rings. The van der Waals surface area contributed by atoms with Crippen LogP contribution in [0.5, 0.6) is 0 Å². The van der Waals surface area contributed by atoms with Crippen molar-refractivity contribution in [2.24, 2.45) is 0 Å². The molecule has 0 aromatic carbocycles. The lowest BCUT2D eigenvalue weighted by Gasteiger charge is -2.18. The fraction of sp³-hybridized carbons (Fsp3) is 0.673. The summed E-state index contributed by atoms with van der Waals surface area (Å²) in [5.74, 6) is -0.557. The first kappa shape index (κ1) is 51.1. The van der Waals surface area contributed by atoms with Gasteiger partial charge in [0.1, 0.15) is 6.61 Å². The third-order valence-electron chi connectivity index (χ3n) is 8.93. The van der Waals surface area contributed by atoms with Gasteiger partial charge in [0, 0.05) is 13.0 Å². The minimum absolute atomic E-state index is 0.0243. The topological polar surface area (TPSA) is 61.8 Å². The largest absolute Gasteiger partial charge is 0.461 e. The van der Waals surface area contributed by atoms with Crippen LogP contribution in [-0.2, 0) is 23.8 Å². The van der Waals surface area contributed by atoms with E-state index in [9.17, 15) is 9.59 Å².